The highest BCUT2D eigenvalue weighted by Gasteiger charge is 2.31. The molecule has 2 aromatic carbocycles. The molecule has 0 bridgehead atoms. The van der Waals surface area contributed by atoms with Gasteiger partial charge in [-0.05, 0) is 55.4 Å². The number of amides is 2. The van der Waals surface area contributed by atoms with E-state index in [-0.39, 0.29) is 36.3 Å². The molecule has 194 valence electrons. The molecule has 2 aliphatic rings. The predicted octanol–water partition coefficient (Wildman–Crippen LogP) is 4.08. The third-order valence-corrected chi connectivity index (χ3v) is 7.25. The van der Waals surface area contributed by atoms with Crippen molar-refractivity contribution in [2.24, 2.45) is 11.8 Å². The van der Waals surface area contributed by atoms with E-state index >= 15 is 0 Å². The number of nitrogens with one attached hydrogen (secondary N) is 1. The van der Waals surface area contributed by atoms with Crippen LogP contribution >= 0.6 is 0 Å². The number of carbonyl (C=O) groups excluding carboxylic acids is 2. The van der Waals surface area contributed by atoms with Crippen LogP contribution in [0.5, 0.6) is 5.75 Å². The molecule has 1 heterocycles. The van der Waals surface area contributed by atoms with Crippen molar-refractivity contribution in [3.05, 3.63) is 59.7 Å². The standard InChI is InChI=1S/C29H39N3O4/c1-20-16-32(17-23-10-11-23)21(2)19-36-26-13-12-24(30-28(33)14-22-8-6-5-7-9-22)15-25(26)29(34)31(3)18-27(20)35-4/h5-9,12-13,15,20-21,23,27H,10-11,14,16-19H2,1-4H3,(H,30,33)/t20-,21-,27+/m1/s1. The van der Waals surface area contributed by atoms with Crippen molar-refractivity contribution in [2.75, 3.05) is 45.7 Å². The molecule has 0 radical (unpaired) electrons. The van der Waals surface area contributed by atoms with Gasteiger partial charge in [0.15, 0.2) is 0 Å². The van der Waals surface area contributed by atoms with Gasteiger partial charge < -0.3 is 19.7 Å². The van der Waals surface area contributed by atoms with Gasteiger partial charge in [0, 0.05) is 45.5 Å². The highest BCUT2D eigenvalue weighted by Crippen LogP contribution is 2.32. The number of rotatable bonds is 6. The van der Waals surface area contributed by atoms with Gasteiger partial charge in [-0.1, -0.05) is 37.3 Å². The van der Waals surface area contributed by atoms with Gasteiger partial charge in [-0.25, -0.2) is 0 Å². The number of carbonyl (C=O) groups is 2. The van der Waals surface area contributed by atoms with Crippen molar-refractivity contribution in [3.8, 4) is 5.75 Å². The number of methoxy groups -OCH3 is 1. The lowest BCUT2D eigenvalue weighted by molar-refractivity contribution is -0.115. The van der Waals surface area contributed by atoms with E-state index in [1.165, 1.54) is 12.8 Å². The van der Waals surface area contributed by atoms with Crippen molar-refractivity contribution < 1.29 is 19.1 Å². The summed E-state index contributed by atoms with van der Waals surface area (Å²) in [5.41, 5.74) is 1.95. The smallest absolute Gasteiger partial charge is 0.257 e. The van der Waals surface area contributed by atoms with Crippen LogP contribution in [-0.2, 0) is 16.0 Å². The zero-order chi connectivity index (χ0) is 25.7. The average Bonchev–Trinajstić information content (AvgIpc) is 3.69. The van der Waals surface area contributed by atoms with Gasteiger partial charge in [-0.15, -0.1) is 0 Å². The van der Waals surface area contributed by atoms with Gasteiger partial charge in [-0.2, -0.15) is 0 Å². The minimum Gasteiger partial charge on any atom is -0.491 e. The molecule has 1 saturated carbocycles. The lowest BCUT2D eigenvalue weighted by Crippen LogP contribution is -2.47. The second-order valence-electron chi connectivity index (χ2n) is 10.4. The molecule has 1 N–H and O–H groups in total. The van der Waals surface area contributed by atoms with Crippen LogP contribution in [0.2, 0.25) is 0 Å². The maximum absolute atomic E-state index is 13.5. The van der Waals surface area contributed by atoms with Crippen LogP contribution < -0.4 is 10.1 Å². The van der Waals surface area contributed by atoms with Gasteiger partial charge in [0.05, 0.1) is 18.1 Å². The Bertz CT molecular complexity index is 1040. The summed E-state index contributed by atoms with van der Waals surface area (Å²) >= 11 is 0. The monoisotopic (exact) mass is 493 g/mol. The van der Waals surface area contributed by atoms with E-state index in [1.807, 2.05) is 30.3 Å². The Labute approximate surface area is 214 Å². The number of nitrogens with zero attached hydrogens (tertiary/aromatic N) is 2. The maximum atomic E-state index is 13.5. The number of hydrogen-bond acceptors (Lipinski definition) is 5. The largest absolute Gasteiger partial charge is 0.491 e. The molecule has 1 aliphatic carbocycles. The van der Waals surface area contributed by atoms with Gasteiger partial charge in [0.2, 0.25) is 5.91 Å². The molecule has 7 heteroatoms. The van der Waals surface area contributed by atoms with Crippen LogP contribution in [0.25, 0.3) is 0 Å². The zero-order valence-corrected chi connectivity index (χ0v) is 21.9. The first-order valence-corrected chi connectivity index (χ1v) is 13.0. The molecule has 1 fully saturated rings. The first-order chi connectivity index (χ1) is 17.3. The minimum atomic E-state index is -0.151. The highest BCUT2D eigenvalue weighted by molar-refractivity contribution is 5.99. The summed E-state index contributed by atoms with van der Waals surface area (Å²) < 4.78 is 12.1. The molecule has 0 spiro atoms. The number of fused-ring (bicyclic) bond motifs is 1. The van der Waals surface area contributed by atoms with Crippen LogP contribution in [0.15, 0.2) is 48.5 Å². The summed E-state index contributed by atoms with van der Waals surface area (Å²) in [4.78, 5) is 30.4. The molecule has 2 aromatic rings. The van der Waals surface area contributed by atoms with Gasteiger partial charge in [0.25, 0.3) is 5.91 Å². The number of benzene rings is 2. The maximum Gasteiger partial charge on any atom is 0.257 e. The van der Waals surface area contributed by atoms with Gasteiger partial charge in [0.1, 0.15) is 12.4 Å². The van der Waals surface area contributed by atoms with Crippen molar-refractivity contribution >= 4 is 17.5 Å². The lowest BCUT2D eigenvalue weighted by Gasteiger charge is -2.36. The molecule has 3 atom stereocenters. The fraction of sp³-hybridized carbons (Fsp3) is 0.517. The van der Waals surface area contributed by atoms with Crippen LogP contribution in [0.4, 0.5) is 5.69 Å². The summed E-state index contributed by atoms with van der Waals surface area (Å²) in [6.07, 6.45) is 2.78. The molecule has 2 amide bonds. The SMILES string of the molecule is CO[C@H]1CN(C)C(=O)c2cc(NC(=O)Cc3ccccc3)ccc2OC[C@@H](C)N(CC2CC2)C[C@H]1C. The van der Waals surface area contributed by atoms with E-state index in [1.54, 1.807) is 37.3 Å². The van der Waals surface area contributed by atoms with E-state index in [2.05, 4.69) is 24.1 Å². The predicted molar refractivity (Wildman–Crippen MR) is 141 cm³/mol. The Balaban J connectivity index is 1.56. The van der Waals surface area contributed by atoms with Gasteiger partial charge >= 0.3 is 0 Å². The molecular weight excluding hydrogens is 454 g/mol. The number of anilines is 1. The Kier molecular flexibility index (Phi) is 8.64. The molecule has 0 saturated heterocycles. The van der Waals surface area contributed by atoms with Crippen molar-refractivity contribution in [3.63, 3.8) is 0 Å². The highest BCUT2D eigenvalue weighted by atomic mass is 16.5. The van der Waals surface area contributed by atoms with Crippen LogP contribution in [0, 0.1) is 11.8 Å². The van der Waals surface area contributed by atoms with Crippen molar-refractivity contribution in [1.82, 2.24) is 9.80 Å². The first-order valence-electron chi connectivity index (χ1n) is 13.0. The fourth-order valence-electron chi connectivity index (χ4n) is 4.80. The number of likely N-dealkylation sites (N-methyl/N-ethyl adjacent to an activating group) is 1. The number of hydrogen-bond donors (Lipinski definition) is 1. The fourth-order valence-corrected chi connectivity index (χ4v) is 4.80. The van der Waals surface area contributed by atoms with E-state index in [0.717, 1.165) is 24.6 Å². The summed E-state index contributed by atoms with van der Waals surface area (Å²) in [6, 6.07) is 15.1. The Morgan fingerprint density at radius 3 is 2.56 bits per heavy atom. The first kappa shape index (κ1) is 26.2. The van der Waals surface area contributed by atoms with E-state index < -0.39 is 0 Å². The second kappa shape index (κ2) is 11.9. The summed E-state index contributed by atoms with van der Waals surface area (Å²) in [6.45, 7) is 7.32. The van der Waals surface area contributed by atoms with Crippen LogP contribution in [0.3, 0.4) is 0 Å². The third kappa shape index (κ3) is 6.86. The molecule has 0 aromatic heterocycles. The van der Waals surface area contributed by atoms with Gasteiger partial charge in [-0.3, -0.25) is 14.5 Å². The Morgan fingerprint density at radius 1 is 1.11 bits per heavy atom. The molecule has 1 aliphatic heterocycles. The molecule has 7 nitrogen and oxygen atoms in total. The van der Waals surface area contributed by atoms with Crippen LogP contribution in [0.1, 0.15) is 42.6 Å². The van der Waals surface area contributed by atoms with Crippen molar-refractivity contribution in [2.45, 2.75) is 45.3 Å². The third-order valence-electron chi connectivity index (χ3n) is 7.25. The second-order valence-corrected chi connectivity index (χ2v) is 10.4. The summed E-state index contributed by atoms with van der Waals surface area (Å²) in [5.74, 6) is 1.28. The van der Waals surface area contributed by atoms with E-state index in [9.17, 15) is 9.59 Å². The number of ether oxygens (including phenoxy) is 2. The van der Waals surface area contributed by atoms with Crippen LogP contribution in [-0.4, -0.2) is 74.2 Å². The molecular formula is C29H39N3O4. The van der Waals surface area contributed by atoms with E-state index in [4.69, 9.17) is 9.47 Å². The Hall–Kier alpha value is -2.90. The normalized spacial score (nSPS) is 23.7. The summed E-state index contributed by atoms with van der Waals surface area (Å²) in [7, 11) is 3.51. The topological polar surface area (TPSA) is 71.1 Å². The quantitative estimate of drug-likeness (QED) is 0.657. The molecule has 4 rings (SSSR count). The Morgan fingerprint density at radius 2 is 1.86 bits per heavy atom. The molecule has 36 heavy (non-hydrogen) atoms. The minimum absolute atomic E-state index is 0.0783. The lowest BCUT2D eigenvalue weighted by atomic mass is 10.0. The molecule has 0 unspecified atom stereocenters. The summed E-state index contributed by atoms with van der Waals surface area (Å²) in [5, 5.41) is 2.94. The van der Waals surface area contributed by atoms with E-state index in [0.29, 0.717) is 30.2 Å². The van der Waals surface area contributed by atoms with Crippen molar-refractivity contribution in [1.29, 1.82) is 0 Å². The zero-order valence-electron chi connectivity index (χ0n) is 21.9. The average molecular weight is 494 g/mol.